The molecule has 27 heavy (non-hydrogen) atoms. The summed E-state index contributed by atoms with van der Waals surface area (Å²) in [7, 11) is 0. The van der Waals surface area contributed by atoms with Crippen LogP contribution in [0.2, 0.25) is 0 Å². The van der Waals surface area contributed by atoms with E-state index in [1.807, 2.05) is 28.9 Å². The van der Waals surface area contributed by atoms with E-state index in [1.54, 1.807) is 0 Å². The highest BCUT2D eigenvalue weighted by atomic mass is 16.1. The van der Waals surface area contributed by atoms with Gasteiger partial charge >= 0.3 is 0 Å². The fraction of sp³-hybridized carbons (Fsp3) is 0.476. The first-order chi connectivity index (χ1) is 12.9. The summed E-state index contributed by atoms with van der Waals surface area (Å²) in [5, 5.41) is 7.62. The number of nitrogens with zero attached hydrogens (tertiary/aromatic N) is 4. The zero-order valence-electron chi connectivity index (χ0n) is 16.5. The van der Waals surface area contributed by atoms with Gasteiger partial charge in [0.05, 0.1) is 23.1 Å². The number of rotatable bonds is 5. The fourth-order valence-corrected chi connectivity index (χ4v) is 3.58. The van der Waals surface area contributed by atoms with E-state index in [4.69, 9.17) is 0 Å². The lowest BCUT2D eigenvalue weighted by molar-refractivity contribution is 0.0943. The van der Waals surface area contributed by atoms with Crippen LogP contribution < -0.4 is 5.32 Å². The zero-order valence-corrected chi connectivity index (χ0v) is 16.5. The highest BCUT2D eigenvalue weighted by Crippen LogP contribution is 2.41. The summed E-state index contributed by atoms with van der Waals surface area (Å²) in [6, 6.07) is 10.0. The number of fused-ring (bicyclic) bond motifs is 1. The summed E-state index contributed by atoms with van der Waals surface area (Å²) in [6.07, 6.45) is 2.37. The summed E-state index contributed by atoms with van der Waals surface area (Å²) >= 11 is 0. The summed E-state index contributed by atoms with van der Waals surface area (Å²) < 4.78 is 4.15. The maximum Gasteiger partial charge on any atom is 0.272 e. The summed E-state index contributed by atoms with van der Waals surface area (Å²) in [6.45, 7) is 9.66. The topological polar surface area (TPSA) is 64.7 Å². The molecule has 1 saturated carbocycles. The molecule has 1 amide bonds. The zero-order chi connectivity index (χ0) is 19.2. The van der Waals surface area contributed by atoms with E-state index in [0.29, 0.717) is 18.2 Å². The molecule has 1 aromatic carbocycles. The predicted molar refractivity (Wildman–Crippen MR) is 106 cm³/mol. The number of imidazole rings is 1. The van der Waals surface area contributed by atoms with Crippen LogP contribution in [0.5, 0.6) is 0 Å². The van der Waals surface area contributed by atoms with E-state index in [1.165, 1.54) is 18.5 Å². The van der Waals surface area contributed by atoms with Gasteiger partial charge in [-0.3, -0.25) is 9.48 Å². The van der Waals surface area contributed by atoms with Crippen molar-refractivity contribution in [3.05, 3.63) is 47.5 Å². The van der Waals surface area contributed by atoms with Crippen LogP contribution in [0.4, 0.5) is 0 Å². The van der Waals surface area contributed by atoms with Crippen LogP contribution in [0.15, 0.2) is 30.3 Å². The molecule has 0 radical (unpaired) electrons. The number of para-hydroxylation sites is 2. The summed E-state index contributed by atoms with van der Waals surface area (Å²) in [4.78, 5) is 17.4. The van der Waals surface area contributed by atoms with Gasteiger partial charge in [-0.2, -0.15) is 5.10 Å². The molecule has 3 aromatic rings. The molecule has 6 heteroatoms. The Hall–Kier alpha value is -2.63. The van der Waals surface area contributed by atoms with E-state index in [0.717, 1.165) is 23.4 Å². The van der Waals surface area contributed by atoms with Crippen LogP contribution in [0.3, 0.4) is 0 Å². The maximum absolute atomic E-state index is 12.7. The molecule has 1 aliphatic carbocycles. The molecule has 0 saturated heterocycles. The third-order valence-electron chi connectivity index (χ3n) is 5.06. The normalized spacial score (nSPS) is 14.7. The summed E-state index contributed by atoms with van der Waals surface area (Å²) in [5.74, 6) is 1.27. The van der Waals surface area contributed by atoms with Gasteiger partial charge in [0.1, 0.15) is 11.5 Å². The van der Waals surface area contributed by atoms with E-state index < -0.39 is 0 Å². The first-order valence-corrected chi connectivity index (χ1v) is 9.71. The highest BCUT2D eigenvalue weighted by Gasteiger charge is 2.32. The summed E-state index contributed by atoms with van der Waals surface area (Å²) in [5.41, 5.74) is 3.58. The molecule has 0 unspecified atom stereocenters. The SMILES string of the molecule is CCn1c(CNC(=O)c2cc(C3CC3)n(C(C)(C)C)n2)nc2ccccc21. The lowest BCUT2D eigenvalue weighted by Crippen LogP contribution is -2.28. The monoisotopic (exact) mass is 365 g/mol. The third kappa shape index (κ3) is 3.36. The van der Waals surface area contributed by atoms with Crippen LogP contribution >= 0.6 is 0 Å². The van der Waals surface area contributed by atoms with Gasteiger partial charge in [-0.05, 0) is 58.7 Å². The lowest BCUT2D eigenvalue weighted by Gasteiger charge is -2.22. The Morgan fingerprint density at radius 1 is 1.26 bits per heavy atom. The molecule has 2 aromatic heterocycles. The van der Waals surface area contributed by atoms with Gasteiger partial charge in [0.2, 0.25) is 0 Å². The van der Waals surface area contributed by atoms with Crippen LogP contribution in [-0.4, -0.2) is 25.2 Å². The number of benzene rings is 1. The molecule has 0 spiro atoms. The van der Waals surface area contributed by atoms with Crippen molar-refractivity contribution < 1.29 is 4.79 Å². The van der Waals surface area contributed by atoms with Crippen molar-refractivity contribution in [2.75, 3.05) is 0 Å². The maximum atomic E-state index is 12.7. The van der Waals surface area contributed by atoms with Crippen molar-refractivity contribution in [1.29, 1.82) is 0 Å². The quantitative estimate of drug-likeness (QED) is 0.748. The van der Waals surface area contributed by atoms with Crippen molar-refractivity contribution in [3.8, 4) is 0 Å². The second-order valence-electron chi connectivity index (χ2n) is 8.26. The Balaban J connectivity index is 1.55. The largest absolute Gasteiger partial charge is 0.343 e. The average molecular weight is 365 g/mol. The average Bonchev–Trinajstić information content (AvgIpc) is 3.26. The molecule has 4 rings (SSSR count). The second-order valence-corrected chi connectivity index (χ2v) is 8.26. The Kier molecular flexibility index (Phi) is 4.29. The second kappa shape index (κ2) is 6.51. The Labute approximate surface area is 159 Å². The van der Waals surface area contributed by atoms with Gasteiger partial charge in [0, 0.05) is 18.2 Å². The minimum Gasteiger partial charge on any atom is -0.343 e. The molecule has 0 aliphatic heterocycles. The lowest BCUT2D eigenvalue weighted by atomic mass is 10.1. The van der Waals surface area contributed by atoms with Crippen molar-refractivity contribution in [2.24, 2.45) is 0 Å². The molecule has 0 atom stereocenters. The van der Waals surface area contributed by atoms with Gasteiger partial charge in [-0.25, -0.2) is 4.98 Å². The van der Waals surface area contributed by atoms with Gasteiger partial charge in [0.15, 0.2) is 0 Å². The van der Waals surface area contributed by atoms with Crippen molar-refractivity contribution in [2.45, 2.75) is 65.1 Å². The molecule has 1 N–H and O–H groups in total. The molecule has 1 fully saturated rings. The standard InChI is InChI=1S/C21H27N5O/c1-5-25-17-9-7-6-8-15(17)23-19(25)13-22-20(27)16-12-18(14-10-11-14)26(24-16)21(2,3)4/h6-9,12,14H,5,10-11,13H2,1-4H3,(H,22,27). The highest BCUT2D eigenvalue weighted by molar-refractivity contribution is 5.92. The van der Waals surface area contributed by atoms with E-state index in [-0.39, 0.29) is 11.4 Å². The Morgan fingerprint density at radius 3 is 2.67 bits per heavy atom. The molecule has 1 aliphatic rings. The van der Waals surface area contributed by atoms with Crippen molar-refractivity contribution in [3.63, 3.8) is 0 Å². The predicted octanol–water partition coefficient (Wildman–Crippen LogP) is 3.82. The third-order valence-corrected chi connectivity index (χ3v) is 5.06. The Morgan fingerprint density at radius 2 is 2.00 bits per heavy atom. The number of carbonyl (C=O) groups excluding carboxylic acids is 1. The molecule has 6 nitrogen and oxygen atoms in total. The number of nitrogens with one attached hydrogen (secondary N) is 1. The van der Waals surface area contributed by atoms with E-state index >= 15 is 0 Å². The minimum atomic E-state index is -0.144. The molecular formula is C21H27N5O. The smallest absolute Gasteiger partial charge is 0.272 e. The van der Waals surface area contributed by atoms with E-state index in [9.17, 15) is 4.79 Å². The van der Waals surface area contributed by atoms with Crippen LogP contribution in [0, 0.1) is 0 Å². The first-order valence-electron chi connectivity index (χ1n) is 9.71. The van der Waals surface area contributed by atoms with Gasteiger partial charge in [-0.1, -0.05) is 12.1 Å². The van der Waals surface area contributed by atoms with Crippen LogP contribution in [-0.2, 0) is 18.6 Å². The first kappa shape index (κ1) is 17.8. The Bertz CT molecular complexity index is 988. The number of aromatic nitrogens is 4. The molecule has 2 heterocycles. The van der Waals surface area contributed by atoms with Crippen LogP contribution in [0.25, 0.3) is 11.0 Å². The molecule has 142 valence electrons. The number of amides is 1. The number of carbonyl (C=O) groups is 1. The van der Waals surface area contributed by atoms with Gasteiger partial charge < -0.3 is 9.88 Å². The molecule has 0 bridgehead atoms. The minimum absolute atomic E-state index is 0.132. The van der Waals surface area contributed by atoms with Gasteiger partial charge in [-0.15, -0.1) is 0 Å². The number of hydrogen-bond donors (Lipinski definition) is 1. The van der Waals surface area contributed by atoms with Gasteiger partial charge in [0.25, 0.3) is 5.91 Å². The van der Waals surface area contributed by atoms with Crippen molar-refractivity contribution >= 4 is 16.9 Å². The van der Waals surface area contributed by atoms with Crippen molar-refractivity contribution in [1.82, 2.24) is 24.6 Å². The fourth-order valence-electron chi connectivity index (χ4n) is 3.58. The van der Waals surface area contributed by atoms with E-state index in [2.05, 4.69) is 53.7 Å². The van der Waals surface area contributed by atoms with Crippen LogP contribution in [0.1, 0.15) is 68.5 Å². The number of hydrogen-bond acceptors (Lipinski definition) is 3. The molecular weight excluding hydrogens is 338 g/mol. The number of aryl methyl sites for hydroxylation is 1.